The first-order chi connectivity index (χ1) is 8.87. The number of aromatic nitrogens is 2. The summed E-state index contributed by atoms with van der Waals surface area (Å²) in [4.78, 5) is 12.3. The predicted molar refractivity (Wildman–Crippen MR) is 72.2 cm³/mol. The van der Waals surface area contributed by atoms with E-state index in [0.29, 0.717) is 18.7 Å². The molecule has 0 fully saturated rings. The van der Waals surface area contributed by atoms with Gasteiger partial charge in [-0.1, -0.05) is 12.1 Å². The zero-order valence-corrected chi connectivity index (χ0v) is 11.8. The van der Waals surface area contributed by atoms with Crippen molar-refractivity contribution in [2.45, 2.75) is 46.2 Å². The summed E-state index contributed by atoms with van der Waals surface area (Å²) in [5.74, 6) is -0.318. The third-order valence-corrected chi connectivity index (χ3v) is 3.20. The summed E-state index contributed by atoms with van der Waals surface area (Å²) in [5.41, 5.74) is 5.98. The van der Waals surface area contributed by atoms with Crippen molar-refractivity contribution in [1.82, 2.24) is 15.1 Å². The number of carbonyl (C=O) groups excluding carboxylic acids is 1. The molecule has 4 N–H and O–H groups in total. The maximum atomic E-state index is 12.3. The maximum Gasteiger partial charge on any atom is 0.270 e. The van der Waals surface area contributed by atoms with E-state index in [9.17, 15) is 4.79 Å². The Balaban J connectivity index is 3.01. The minimum absolute atomic E-state index is 0.0253. The van der Waals surface area contributed by atoms with Crippen LogP contribution in [-0.2, 0) is 6.54 Å². The van der Waals surface area contributed by atoms with Crippen molar-refractivity contribution in [2.75, 3.05) is 0 Å². The second-order valence-corrected chi connectivity index (χ2v) is 4.61. The molecule has 1 rings (SSSR count). The van der Waals surface area contributed by atoms with Crippen molar-refractivity contribution >= 4 is 11.7 Å². The first-order valence-electron chi connectivity index (χ1n) is 6.22. The highest BCUT2D eigenvalue weighted by Crippen LogP contribution is 2.12. The monoisotopic (exact) mass is 267 g/mol. The summed E-state index contributed by atoms with van der Waals surface area (Å²) in [5, 5.41) is 18.8. The average Bonchev–Trinajstić information content (AvgIpc) is 2.78. The van der Waals surface area contributed by atoms with Gasteiger partial charge in [-0.25, -0.2) is 0 Å². The molecule has 0 aliphatic carbocycles. The molecular weight excluding hydrogens is 246 g/mol. The Labute approximate surface area is 112 Å². The Morgan fingerprint density at radius 3 is 2.74 bits per heavy atom. The number of nitrogens with one attached hydrogen (secondary N) is 1. The summed E-state index contributed by atoms with van der Waals surface area (Å²) in [6.45, 7) is 7.89. The largest absolute Gasteiger partial charge is 0.409 e. The molecule has 7 nitrogen and oxygen atoms in total. The van der Waals surface area contributed by atoms with Gasteiger partial charge in [0.2, 0.25) is 0 Å². The van der Waals surface area contributed by atoms with Gasteiger partial charge < -0.3 is 16.3 Å². The molecule has 0 saturated carbocycles. The SMILES string of the molecule is CCn1nc(C)cc1C(=O)NC(C)(CC)C(N)=NO. The predicted octanol–water partition coefficient (Wildman–Crippen LogP) is 0.856. The molecule has 1 amide bonds. The second kappa shape index (κ2) is 5.73. The van der Waals surface area contributed by atoms with Gasteiger partial charge in [0.15, 0.2) is 5.84 Å². The molecule has 1 atom stereocenters. The van der Waals surface area contributed by atoms with Crippen molar-refractivity contribution in [3.05, 3.63) is 17.5 Å². The van der Waals surface area contributed by atoms with Crippen LogP contribution in [0.2, 0.25) is 0 Å². The van der Waals surface area contributed by atoms with Crippen LogP contribution in [0.15, 0.2) is 11.2 Å². The summed E-state index contributed by atoms with van der Waals surface area (Å²) in [6.07, 6.45) is 0.508. The molecule has 7 heteroatoms. The number of rotatable bonds is 5. The molecule has 19 heavy (non-hydrogen) atoms. The molecule has 0 saturated heterocycles. The van der Waals surface area contributed by atoms with E-state index in [1.807, 2.05) is 20.8 Å². The number of hydrogen-bond acceptors (Lipinski definition) is 4. The Morgan fingerprint density at radius 2 is 2.26 bits per heavy atom. The fourth-order valence-corrected chi connectivity index (χ4v) is 1.73. The molecular formula is C12H21N5O2. The number of amidine groups is 1. The minimum atomic E-state index is -0.886. The lowest BCUT2D eigenvalue weighted by atomic mass is 9.97. The number of nitrogens with two attached hydrogens (primary N) is 1. The lowest BCUT2D eigenvalue weighted by Crippen LogP contribution is -2.55. The van der Waals surface area contributed by atoms with E-state index in [-0.39, 0.29) is 11.7 Å². The van der Waals surface area contributed by atoms with Gasteiger partial charge in [0.1, 0.15) is 5.69 Å². The number of hydrogen-bond donors (Lipinski definition) is 3. The van der Waals surface area contributed by atoms with Crippen LogP contribution in [0.5, 0.6) is 0 Å². The van der Waals surface area contributed by atoms with Gasteiger partial charge in [0, 0.05) is 6.54 Å². The van der Waals surface area contributed by atoms with Crippen LogP contribution in [0.1, 0.15) is 43.4 Å². The normalized spacial score (nSPS) is 15.1. The zero-order valence-electron chi connectivity index (χ0n) is 11.8. The van der Waals surface area contributed by atoms with E-state index in [4.69, 9.17) is 10.9 Å². The first-order valence-corrected chi connectivity index (χ1v) is 6.22. The van der Waals surface area contributed by atoms with Gasteiger partial charge in [-0.3, -0.25) is 9.48 Å². The molecule has 0 aliphatic heterocycles. The molecule has 0 aliphatic rings. The van der Waals surface area contributed by atoms with Crippen molar-refractivity contribution in [3.8, 4) is 0 Å². The van der Waals surface area contributed by atoms with E-state index in [1.165, 1.54) is 0 Å². The fraction of sp³-hybridized carbons (Fsp3) is 0.583. The quantitative estimate of drug-likeness (QED) is 0.318. The lowest BCUT2D eigenvalue weighted by Gasteiger charge is -2.27. The van der Waals surface area contributed by atoms with Crippen LogP contribution in [0.25, 0.3) is 0 Å². The minimum Gasteiger partial charge on any atom is -0.409 e. The smallest absolute Gasteiger partial charge is 0.270 e. The fourth-order valence-electron chi connectivity index (χ4n) is 1.73. The van der Waals surface area contributed by atoms with Crippen molar-refractivity contribution in [3.63, 3.8) is 0 Å². The van der Waals surface area contributed by atoms with Crippen molar-refractivity contribution in [1.29, 1.82) is 0 Å². The van der Waals surface area contributed by atoms with Crippen LogP contribution in [0, 0.1) is 6.92 Å². The van der Waals surface area contributed by atoms with Crippen LogP contribution >= 0.6 is 0 Å². The number of aryl methyl sites for hydroxylation is 2. The number of carbonyl (C=O) groups is 1. The third-order valence-electron chi connectivity index (χ3n) is 3.20. The van der Waals surface area contributed by atoms with Gasteiger partial charge in [-0.05, 0) is 33.3 Å². The topological polar surface area (TPSA) is 106 Å². The standard InChI is InChI=1S/C12H21N5O2/c1-5-12(4,11(13)16-19)14-10(18)9-7-8(3)15-17(9)6-2/h7,19H,5-6H2,1-4H3,(H2,13,16)(H,14,18). The number of oxime groups is 1. The highest BCUT2D eigenvalue weighted by molar-refractivity contribution is 5.99. The van der Waals surface area contributed by atoms with Crippen molar-refractivity contribution in [2.24, 2.45) is 10.9 Å². The van der Waals surface area contributed by atoms with Crippen LogP contribution in [-0.4, -0.2) is 32.3 Å². The van der Waals surface area contributed by atoms with Gasteiger partial charge in [0.25, 0.3) is 5.91 Å². The third kappa shape index (κ3) is 3.04. The maximum absolute atomic E-state index is 12.3. The molecule has 0 spiro atoms. The van der Waals surface area contributed by atoms with Gasteiger partial charge >= 0.3 is 0 Å². The van der Waals surface area contributed by atoms with Crippen molar-refractivity contribution < 1.29 is 10.0 Å². The highest BCUT2D eigenvalue weighted by Gasteiger charge is 2.31. The first kappa shape index (κ1) is 15.0. The molecule has 1 heterocycles. The van der Waals surface area contributed by atoms with Crippen LogP contribution in [0.3, 0.4) is 0 Å². The molecule has 1 aromatic rings. The molecule has 0 radical (unpaired) electrons. The summed E-state index contributed by atoms with van der Waals surface area (Å²) in [6, 6.07) is 1.71. The Bertz CT molecular complexity index is 494. The van der Waals surface area contributed by atoms with E-state index in [1.54, 1.807) is 17.7 Å². The van der Waals surface area contributed by atoms with Gasteiger partial charge in [0.05, 0.1) is 11.2 Å². The Kier molecular flexibility index (Phi) is 4.52. The Hall–Kier alpha value is -2.05. The van der Waals surface area contributed by atoms with Crippen LogP contribution < -0.4 is 11.1 Å². The van der Waals surface area contributed by atoms with E-state index in [2.05, 4.69) is 15.6 Å². The zero-order chi connectivity index (χ0) is 14.6. The average molecular weight is 267 g/mol. The number of nitrogens with zero attached hydrogens (tertiary/aromatic N) is 3. The summed E-state index contributed by atoms with van der Waals surface area (Å²) < 4.78 is 1.62. The summed E-state index contributed by atoms with van der Waals surface area (Å²) in [7, 11) is 0. The summed E-state index contributed by atoms with van der Waals surface area (Å²) >= 11 is 0. The number of amides is 1. The lowest BCUT2D eigenvalue weighted by molar-refractivity contribution is 0.0914. The Morgan fingerprint density at radius 1 is 1.63 bits per heavy atom. The second-order valence-electron chi connectivity index (χ2n) is 4.61. The molecule has 1 aromatic heterocycles. The highest BCUT2D eigenvalue weighted by atomic mass is 16.4. The molecule has 0 aromatic carbocycles. The molecule has 0 bridgehead atoms. The van der Waals surface area contributed by atoms with E-state index >= 15 is 0 Å². The van der Waals surface area contributed by atoms with E-state index < -0.39 is 5.54 Å². The van der Waals surface area contributed by atoms with Gasteiger partial charge in [-0.15, -0.1) is 0 Å². The molecule has 106 valence electrons. The molecule has 1 unspecified atom stereocenters. The van der Waals surface area contributed by atoms with E-state index in [0.717, 1.165) is 5.69 Å². The van der Waals surface area contributed by atoms with Crippen LogP contribution in [0.4, 0.5) is 0 Å². The van der Waals surface area contributed by atoms with Gasteiger partial charge in [-0.2, -0.15) is 5.10 Å².